The molecule has 0 aliphatic rings. The summed E-state index contributed by atoms with van der Waals surface area (Å²) in [6, 6.07) is 0. The van der Waals surface area contributed by atoms with Gasteiger partial charge in [-0.15, -0.1) is 0 Å². The SMILES string of the molecule is C.C.CCOC.CCOC. The molecule has 0 aromatic rings. The zero-order valence-corrected chi connectivity index (χ0v) is 6.23. The topological polar surface area (TPSA) is 18.5 Å². The van der Waals surface area contributed by atoms with E-state index in [2.05, 4.69) is 9.47 Å². The third kappa shape index (κ3) is 103. The summed E-state index contributed by atoms with van der Waals surface area (Å²) in [4.78, 5) is 0. The molecule has 0 N–H and O–H groups in total. The third-order valence-corrected chi connectivity index (χ3v) is 0.577. The molecule has 0 aromatic carbocycles. The second-order valence-electron chi connectivity index (χ2n) is 1.15. The molecule has 0 unspecified atom stereocenters. The van der Waals surface area contributed by atoms with Gasteiger partial charge in [0.1, 0.15) is 0 Å². The fourth-order valence-corrected chi connectivity index (χ4v) is 0. The van der Waals surface area contributed by atoms with Gasteiger partial charge in [0, 0.05) is 27.4 Å². The van der Waals surface area contributed by atoms with E-state index < -0.39 is 0 Å². The van der Waals surface area contributed by atoms with E-state index in [0.29, 0.717) is 0 Å². The normalized spacial score (nSPS) is 6.00. The predicted molar refractivity (Wildman–Crippen MR) is 48.6 cm³/mol. The molecule has 0 aromatic heterocycles. The van der Waals surface area contributed by atoms with Crippen molar-refractivity contribution >= 4 is 0 Å². The van der Waals surface area contributed by atoms with Gasteiger partial charge < -0.3 is 9.47 Å². The summed E-state index contributed by atoms with van der Waals surface area (Å²) in [7, 11) is 3.36. The standard InChI is InChI=1S/2C3H8O.2CH4/c2*1-3-4-2;;/h2*3H2,1-2H3;2*1H4. The Bertz CT molecular complexity index is 15.2. The van der Waals surface area contributed by atoms with Crippen LogP contribution < -0.4 is 0 Å². The van der Waals surface area contributed by atoms with Crippen LogP contribution in [0.3, 0.4) is 0 Å². The molecule has 0 aliphatic heterocycles. The number of hydrogen-bond donors (Lipinski definition) is 0. The fraction of sp³-hybridized carbons (Fsp3) is 1.00. The fourth-order valence-electron chi connectivity index (χ4n) is 0. The average Bonchev–Trinajstić information content (AvgIpc) is 1.88. The zero-order valence-electron chi connectivity index (χ0n) is 6.23. The van der Waals surface area contributed by atoms with Crippen LogP contribution in [-0.4, -0.2) is 27.4 Å². The summed E-state index contributed by atoms with van der Waals surface area (Å²) in [5.74, 6) is 0. The van der Waals surface area contributed by atoms with Crippen molar-refractivity contribution < 1.29 is 9.47 Å². The molecule has 68 valence electrons. The maximum Gasteiger partial charge on any atom is 0.0433 e. The highest BCUT2D eigenvalue weighted by Gasteiger charge is 1.51. The Morgan fingerprint density at radius 2 is 0.900 bits per heavy atom. The van der Waals surface area contributed by atoms with E-state index in [1.165, 1.54) is 0 Å². The Hall–Kier alpha value is -0.0800. The highest BCUT2D eigenvalue weighted by atomic mass is 16.5. The lowest BCUT2D eigenvalue weighted by Crippen LogP contribution is -1.73. The lowest BCUT2D eigenvalue weighted by molar-refractivity contribution is 0.215. The van der Waals surface area contributed by atoms with E-state index in [4.69, 9.17) is 0 Å². The van der Waals surface area contributed by atoms with Crippen LogP contribution in [0.2, 0.25) is 0 Å². The summed E-state index contributed by atoms with van der Waals surface area (Å²) < 4.78 is 9.08. The molecular formula is C8H24O2. The van der Waals surface area contributed by atoms with Crippen LogP contribution in [0, 0.1) is 0 Å². The summed E-state index contributed by atoms with van der Waals surface area (Å²) in [6.45, 7) is 5.56. The van der Waals surface area contributed by atoms with Crippen molar-refractivity contribution in [3.8, 4) is 0 Å². The quantitative estimate of drug-likeness (QED) is 0.605. The van der Waals surface area contributed by atoms with Gasteiger partial charge in [-0.1, -0.05) is 14.9 Å². The average molecular weight is 152 g/mol. The third-order valence-electron chi connectivity index (χ3n) is 0.577. The van der Waals surface area contributed by atoms with Crippen LogP contribution in [-0.2, 0) is 9.47 Å². The monoisotopic (exact) mass is 152 g/mol. The van der Waals surface area contributed by atoms with Crippen LogP contribution in [0.5, 0.6) is 0 Å². The molecular weight excluding hydrogens is 128 g/mol. The molecule has 0 aliphatic carbocycles. The number of rotatable bonds is 2. The zero-order chi connectivity index (χ0) is 6.83. The molecule has 0 rings (SSSR count). The second kappa shape index (κ2) is 36.4. The highest BCUT2D eigenvalue weighted by Crippen LogP contribution is 1.52. The van der Waals surface area contributed by atoms with Crippen molar-refractivity contribution in [2.24, 2.45) is 0 Å². The van der Waals surface area contributed by atoms with E-state index in [1.54, 1.807) is 14.2 Å². The molecule has 0 amide bonds. The largest absolute Gasteiger partial charge is 0.385 e. The lowest BCUT2D eigenvalue weighted by Gasteiger charge is -1.76. The highest BCUT2D eigenvalue weighted by molar-refractivity contribution is 3.95. The smallest absolute Gasteiger partial charge is 0.0433 e. The minimum atomic E-state index is 0. The summed E-state index contributed by atoms with van der Waals surface area (Å²) in [5, 5.41) is 0. The Morgan fingerprint density at radius 1 is 0.800 bits per heavy atom. The van der Waals surface area contributed by atoms with Crippen LogP contribution in [0.1, 0.15) is 28.7 Å². The number of ether oxygens (including phenoxy) is 2. The van der Waals surface area contributed by atoms with Crippen LogP contribution in [0.15, 0.2) is 0 Å². The van der Waals surface area contributed by atoms with Gasteiger partial charge in [-0.05, 0) is 13.8 Å². The van der Waals surface area contributed by atoms with Crippen molar-refractivity contribution in [2.75, 3.05) is 27.4 Å². The number of methoxy groups -OCH3 is 2. The van der Waals surface area contributed by atoms with Gasteiger partial charge in [-0.3, -0.25) is 0 Å². The van der Waals surface area contributed by atoms with Gasteiger partial charge in [0.25, 0.3) is 0 Å². The van der Waals surface area contributed by atoms with Crippen molar-refractivity contribution in [3.05, 3.63) is 0 Å². The van der Waals surface area contributed by atoms with Crippen LogP contribution in [0.4, 0.5) is 0 Å². The molecule has 0 spiro atoms. The minimum absolute atomic E-state index is 0. The molecule has 0 saturated carbocycles. The molecule has 0 heterocycles. The molecule has 0 saturated heterocycles. The van der Waals surface area contributed by atoms with E-state index >= 15 is 0 Å². The van der Waals surface area contributed by atoms with Crippen molar-refractivity contribution in [1.29, 1.82) is 0 Å². The second-order valence-corrected chi connectivity index (χ2v) is 1.15. The Balaban J connectivity index is -0.0000000300. The molecule has 0 fully saturated rings. The molecule has 2 heteroatoms. The minimum Gasteiger partial charge on any atom is -0.385 e. The maximum atomic E-state index is 4.54. The van der Waals surface area contributed by atoms with E-state index in [-0.39, 0.29) is 14.9 Å². The lowest BCUT2D eigenvalue weighted by atomic mass is 10.9. The summed E-state index contributed by atoms with van der Waals surface area (Å²) >= 11 is 0. The first kappa shape index (κ1) is 22.5. The molecule has 2 nitrogen and oxygen atoms in total. The van der Waals surface area contributed by atoms with Gasteiger partial charge in [-0.25, -0.2) is 0 Å². The van der Waals surface area contributed by atoms with E-state index in [0.717, 1.165) is 13.2 Å². The van der Waals surface area contributed by atoms with Crippen molar-refractivity contribution in [1.82, 2.24) is 0 Å². The number of hydrogen-bond acceptors (Lipinski definition) is 2. The first-order chi connectivity index (χ1) is 3.83. The predicted octanol–water partition coefficient (Wildman–Crippen LogP) is 2.58. The molecule has 0 bridgehead atoms. The van der Waals surface area contributed by atoms with Crippen LogP contribution >= 0.6 is 0 Å². The molecule has 0 radical (unpaired) electrons. The van der Waals surface area contributed by atoms with Gasteiger partial charge >= 0.3 is 0 Å². The van der Waals surface area contributed by atoms with Crippen LogP contribution in [0.25, 0.3) is 0 Å². The Kier molecular flexibility index (Phi) is 82.0. The Labute approximate surface area is 66.5 Å². The first-order valence-electron chi connectivity index (χ1n) is 2.81. The van der Waals surface area contributed by atoms with E-state index in [9.17, 15) is 0 Å². The van der Waals surface area contributed by atoms with Crippen molar-refractivity contribution in [2.45, 2.75) is 28.7 Å². The van der Waals surface area contributed by atoms with Gasteiger partial charge in [0.2, 0.25) is 0 Å². The first-order valence-corrected chi connectivity index (χ1v) is 2.81. The van der Waals surface area contributed by atoms with Gasteiger partial charge in [0.15, 0.2) is 0 Å². The summed E-state index contributed by atoms with van der Waals surface area (Å²) in [6.07, 6.45) is 0. The summed E-state index contributed by atoms with van der Waals surface area (Å²) in [5.41, 5.74) is 0. The van der Waals surface area contributed by atoms with Gasteiger partial charge in [0.05, 0.1) is 0 Å². The van der Waals surface area contributed by atoms with E-state index in [1.807, 2.05) is 13.8 Å². The van der Waals surface area contributed by atoms with Gasteiger partial charge in [-0.2, -0.15) is 0 Å². The Morgan fingerprint density at radius 3 is 0.900 bits per heavy atom. The molecule has 0 atom stereocenters. The molecule has 10 heavy (non-hydrogen) atoms. The maximum absolute atomic E-state index is 4.54. The van der Waals surface area contributed by atoms with Crippen molar-refractivity contribution in [3.63, 3.8) is 0 Å².